The lowest BCUT2D eigenvalue weighted by atomic mass is 10.1. The van der Waals surface area contributed by atoms with E-state index in [0.717, 1.165) is 0 Å². The Morgan fingerprint density at radius 2 is 2.06 bits per heavy atom. The largest absolute Gasteiger partial charge is 0.481 e. The molecule has 0 aliphatic rings. The molecule has 0 rings (SSSR count). The standard InChI is InChI=1S/C12H21N3O3/c1-9(7-13)8-15(3)12(18)14-10(2)5-4-6-11(16)17/h9-10H,4-6,8H2,1-3H3,(H,14,18)(H,16,17). The van der Waals surface area contributed by atoms with Crippen LogP contribution in [0.4, 0.5) is 4.79 Å². The number of rotatable bonds is 7. The van der Waals surface area contributed by atoms with Crippen molar-refractivity contribution in [3.05, 3.63) is 0 Å². The average Bonchev–Trinajstić information content (AvgIpc) is 2.27. The molecule has 0 aliphatic carbocycles. The molecule has 0 aliphatic heterocycles. The molecule has 18 heavy (non-hydrogen) atoms. The fraction of sp³-hybridized carbons (Fsp3) is 0.750. The van der Waals surface area contributed by atoms with Crippen LogP contribution in [0.15, 0.2) is 0 Å². The summed E-state index contributed by atoms with van der Waals surface area (Å²) < 4.78 is 0. The van der Waals surface area contributed by atoms with E-state index in [4.69, 9.17) is 10.4 Å². The summed E-state index contributed by atoms with van der Waals surface area (Å²) in [5.41, 5.74) is 0. The molecule has 0 aromatic rings. The number of carboxylic acids is 1. The maximum absolute atomic E-state index is 11.7. The SMILES string of the molecule is CC(C#N)CN(C)C(=O)NC(C)CCCC(=O)O. The molecule has 6 nitrogen and oxygen atoms in total. The number of urea groups is 1. The first-order valence-corrected chi connectivity index (χ1v) is 5.99. The minimum Gasteiger partial charge on any atom is -0.481 e. The van der Waals surface area contributed by atoms with E-state index in [1.165, 1.54) is 4.90 Å². The molecule has 2 amide bonds. The third kappa shape index (κ3) is 7.49. The molecule has 2 unspecified atom stereocenters. The zero-order valence-corrected chi connectivity index (χ0v) is 11.1. The van der Waals surface area contributed by atoms with Crippen molar-refractivity contribution in [2.24, 2.45) is 5.92 Å². The lowest BCUT2D eigenvalue weighted by molar-refractivity contribution is -0.137. The second kappa shape index (κ2) is 8.34. The van der Waals surface area contributed by atoms with Crippen LogP contribution in [0.25, 0.3) is 0 Å². The van der Waals surface area contributed by atoms with Crippen LogP contribution in [0.3, 0.4) is 0 Å². The maximum atomic E-state index is 11.7. The molecule has 0 fully saturated rings. The fourth-order valence-electron chi connectivity index (χ4n) is 1.49. The van der Waals surface area contributed by atoms with Crippen LogP contribution < -0.4 is 5.32 Å². The molecule has 102 valence electrons. The smallest absolute Gasteiger partial charge is 0.317 e. The summed E-state index contributed by atoms with van der Waals surface area (Å²) in [4.78, 5) is 23.5. The molecular formula is C12H21N3O3. The number of hydrogen-bond acceptors (Lipinski definition) is 3. The van der Waals surface area contributed by atoms with Crippen molar-refractivity contribution in [3.8, 4) is 6.07 Å². The molecular weight excluding hydrogens is 234 g/mol. The number of carboxylic acid groups (broad SMARTS) is 1. The lowest BCUT2D eigenvalue weighted by Gasteiger charge is -2.22. The van der Waals surface area contributed by atoms with Crippen LogP contribution >= 0.6 is 0 Å². The summed E-state index contributed by atoms with van der Waals surface area (Å²) in [6, 6.07) is 1.76. The zero-order valence-electron chi connectivity index (χ0n) is 11.1. The van der Waals surface area contributed by atoms with E-state index in [1.807, 2.05) is 6.92 Å². The molecule has 0 radical (unpaired) electrons. The second-order valence-corrected chi connectivity index (χ2v) is 4.55. The van der Waals surface area contributed by atoms with E-state index in [-0.39, 0.29) is 24.4 Å². The quantitative estimate of drug-likeness (QED) is 0.719. The predicted molar refractivity (Wildman–Crippen MR) is 66.9 cm³/mol. The van der Waals surface area contributed by atoms with Gasteiger partial charge >= 0.3 is 12.0 Å². The Labute approximate surface area is 108 Å². The van der Waals surface area contributed by atoms with Gasteiger partial charge in [-0.2, -0.15) is 5.26 Å². The number of aliphatic carboxylic acids is 1. The average molecular weight is 255 g/mol. The molecule has 0 heterocycles. The highest BCUT2D eigenvalue weighted by Gasteiger charge is 2.14. The predicted octanol–water partition coefficient (Wildman–Crippen LogP) is 1.43. The molecule has 2 atom stereocenters. The Kier molecular flexibility index (Phi) is 7.52. The van der Waals surface area contributed by atoms with Crippen molar-refractivity contribution >= 4 is 12.0 Å². The van der Waals surface area contributed by atoms with Gasteiger partial charge in [0, 0.05) is 26.1 Å². The Balaban J connectivity index is 3.92. The number of hydrogen-bond donors (Lipinski definition) is 2. The highest BCUT2D eigenvalue weighted by Crippen LogP contribution is 2.02. The van der Waals surface area contributed by atoms with Crippen molar-refractivity contribution in [2.75, 3.05) is 13.6 Å². The van der Waals surface area contributed by atoms with E-state index >= 15 is 0 Å². The van der Waals surface area contributed by atoms with Crippen molar-refractivity contribution < 1.29 is 14.7 Å². The summed E-state index contributed by atoms with van der Waals surface area (Å²) in [6.07, 6.45) is 1.27. The van der Waals surface area contributed by atoms with Gasteiger partial charge in [0.05, 0.1) is 12.0 Å². The summed E-state index contributed by atoms with van der Waals surface area (Å²) in [6.45, 7) is 3.96. The Bertz CT molecular complexity index is 325. The van der Waals surface area contributed by atoms with Crippen LogP contribution in [0.2, 0.25) is 0 Å². The first-order chi connectivity index (χ1) is 8.36. The van der Waals surface area contributed by atoms with Gasteiger partial charge in [-0.1, -0.05) is 0 Å². The van der Waals surface area contributed by atoms with E-state index in [2.05, 4.69) is 11.4 Å². The minimum absolute atomic E-state index is 0.0725. The first-order valence-electron chi connectivity index (χ1n) is 5.99. The van der Waals surface area contributed by atoms with Crippen LogP contribution in [-0.2, 0) is 4.79 Å². The van der Waals surface area contributed by atoms with E-state index in [1.54, 1.807) is 14.0 Å². The Hall–Kier alpha value is -1.77. The monoisotopic (exact) mass is 255 g/mol. The third-order valence-electron chi connectivity index (χ3n) is 2.51. The van der Waals surface area contributed by atoms with Crippen LogP contribution in [-0.4, -0.2) is 41.6 Å². The zero-order chi connectivity index (χ0) is 14.1. The van der Waals surface area contributed by atoms with Crippen LogP contribution in [0.5, 0.6) is 0 Å². The highest BCUT2D eigenvalue weighted by molar-refractivity contribution is 5.74. The van der Waals surface area contributed by atoms with Gasteiger partial charge in [0.1, 0.15) is 0 Å². The van der Waals surface area contributed by atoms with Gasteiger partial charge in [0.25, 0.3) is 0 Å². The molecule has 0 saturated carbocycles. The normalized spacial score (nSPS) is 13.2. The van der Waals surface area contributed by atoms with E-state index in [0.29, 0.717) is 19.4 Å². The van der Waals surface area contributed by atoms with Gasteiger partial charge in [-0.05, 0) is 26.7 Å². The highest BCUT2D eigenvalue weighted by atomic mass is 16.4. The molecule has 0 spiro atoms. The van der Waals surface area contributed by atoms with Crippen molar-refractivity contribution in [2.45, 2.75) is 39.2 Å². The number of carbonyl (C=O) groups is 2. The Morgan fingerprint density at radius 1 is 1.44 bits per heavy atom. The molecule has 0 bridgehead atoms. The summed E-state index contributed by atoms with van der Waals surface area (Å²) in [7, 11) is 1.63. The van der Waals surface area contributed by atoms with Gasteiger partial charge in [0.2, 0.25) is 0 Å². The number of amides is 2. The molecule has 0 aromatic heterocycles. The lowest BCUT2D eigenvalue weighted by Crippen LogP contribution is -2.43. The molecule has 0 saturated heterocycles. The summed E-state index contributed by atoms with van der Waals surface area (Å²) in [5, 5.41) is 19.9. The number of nitriles is 1. The fourth-order valence-corrected chi connectivity index (χ4v) is 1.49. The number of carbonyl (C=O) groups excluding carboxylic acids is 1. The van der Waals surface area contributed by atoms with Crippen LogP contribution in [0, 0.1) is 17.2 Å². The third-order valence-corrected chi connectivity index (χ3v) is 2.51. The number of nitrogens with zero attached hydrogens (tertiary/aromatic N) is 2. The first kappa shape index (κ1) is 16.2. The van der Waals surface area contributed by atoms with Crippen molar-refractivity contribution in [1.29, 1.82) is 5.26 Å². The molecule has 0 aromatic carbocycles. The van der Waals surface area contributed by atoms with Gasteiger partial charge in [-0.3, -0.25) is 4.79 Å². The maximum Gasteiger partial charge on any atom is 0.317 e. The van der Waals surface area contributed by atoms with Gasteiger partial charge in [-0.25, -0.2) is 4.79 Å². The van der Waals surface area contributed by atoms with Gasteiger partial charge in [0.15, 0.2) is 0 Å². The van der Waals surface area contributed by atoms with E-state index < -0.39 is 5.97 Å². The second-order valence-electron chi connectivity index (χ2n) is 4.55. The Morgan fingerprint density at radius 3 is 2.56 bits per heavy atom. The minimum atomic E-state index is -0.825. The van der Waals surface area contributed by atoms with Crippen molar-refractivity contribution in [3.63, 3.8) is 0 Å². The number of nitrogens with one attached hydrogen (secondary N) is 1. The van der Waals surface area contributed by atoms with Gasteiger partial charge < -0.3 is 15.3 Å². The van der Waals surface area contributed by atoms with Gasteiger partial charge in [-0.15, -0.1) is 0 Å². The van der Waals surface area contributed by atoms with Crippen LogP contribution in [0.1, 0.15) is 33.1 Å². The van der Waals surface area contributed by atoms with Crippen molar-refractivity contribution in [1.82, 2.24) is 10.2 Å². The van der Waals surface area contributed by atoms with E-state index in [9.17, 15) is 9.59 Å². The topological polar surface area (TPSA) is 93.4 Å². The summed E-state index contributed by atoms with van der Waals surface area (Å²) in [5.74, 6) is -1.03. The molecule has 2 N–H and O–H groups in total. The summed E-state index contributed by atoms with van der Waals surface area (Å²) >= 11 is 0. The molecule has 6 heteroatoms.